The number of nitrogens with zero attached hydrogens (tertiary/aromatic N) is 1. The molecular weight excluding hydrogens is 238 g/mol. The van der Waals surface area contributed by atoms with Crippen LogP contribution in [0.4, 0.5) is 0 Å². The second kappa shape index (κ2) is 5.23. The molecule has 0 spiro atoms. The Bertz CT molecular complexity index is 587. The highest BCUT2D eigenvalue weighted by molar-refractivity contribution is 5.89. The number of nitrogens with one attached hydrogen (secondary N) is 1. The van der Waals surface area contributed by atoms with Gasteiger partial charge in [-0.05, 0) is 51.2 Å². The SMILES string of the molecule is COc1cc(C)c2[nH]c(C)c(C(CN)N(C)C)c2c1. The lowest BCUT2D eigenvalue weighted by Gasteiger charge is -2.23. The molecule has 1 unspecified atom stereocenters. The van der Waals surface area contributed by atoms with E-state index in [1.54, 1.807) is 7.11 Å². The van der Waals surface area contributed by atoms with Crippen LogP contribution in [-0.4, -0.2) is 37.6 Å². The van der Waals surface area contributed by atoms with Crippen molar-refractivity contribution in [3.8, 4) is 5.75 Å². The molecule has 0 aliphatic rings. The number of rotatable bonds is 4. The first kappa shape index (κ1) is 13.9. The number of hydrogen-bond donors (Lipinski definition) is 2. The number of nitrogens with two attached hydrogens (primary N) is 1. The molecule has 1 atom stereocenters. The number of benzene rings is 1. The van der Waals surface area contributed by atoms with E-state index in [0.717, 1.165) is 5.75 Å². The Morgan fingerprint density at radius 3 is 2.53 bits per heavy atom. The van der Waals surface area contributed by atoms with Gasteiger partial charge in [0.15, 0.2) is 0 Å². The number of aryl methyl sites for hydroxylation is 2. The van der Waals surface area contributed by atoms with Gasteiger partial charge in [-0.15, -0.1) is 0 Å². The second-order valence-electron chi connectivity index (χ2n) is 5.25. The smallest absolute Gasteiger partial charge is 0.119 e. The Hall–Kier alpha value is -1.52. The number of aromatic nitrogens is 1. The molecule has 2 aromatic rings. The van der Waals surface area contributed by atoms with Gasteiger partial charge in [0.05, 0.1) is 7.11 Å². The summed E-state index contributed by atoms with van der Waals surface area (Å²) in [7, 11) is 5.82. The monoisotopic (exact) mass is 261 g/mol. The van der Waals surface area contributed by atoms with Gasteiger partial charge in [0, 0.05) is 29.2 Å². The van der Waals surface area contributed by atoms with Crippen molar-refractivity contribution >= 4 is 10.9 Å². The fourth-order valence-electron chi connectivity index (χ4n) is 2.72. The first-order valence-corrected chi connectivity index (χ1v) is 6.52. The summed E-state index contributed by atoms with van der Waals surface area (Å²) in [6, 6.07) is 4.35. The van der Waals surface area contributed by atoms with Crippen molar-refractivity contribution < 1.29 is 4.74 Å². The van der Waals surface area contributed by atoms with Crippen LogP contribution in [0.2, 0.25) is 0 Å². The highest BCUT2D eigenvalue weighted by atomic mass is 16.5. The van der Waals surface area contributed by atoms with Crippen molar-refractivity contribution in [1.82, 2.24) is 9.88 Å². The van der Waals surface area contributed by atoms with E-state index in [-0.39, 0.29) is 6.04 Å². The largest absolute Gasteiger partial charge is 0.497 e. The van der Waals surface area contributed by atoms with Crippen LogP contribution in [0.15, 0.2) is 12.1 Å². The van der Waals surface area contributed by atoms with Gasteiger partial charge in [-0.2, -0.15) is 0 Å². The van der Waals surface area contributed by atoms with Gasteiger partial charge in [-0.1, -0.05) is 0 Å². The van der Waals surface area contributed by atoms with E-state index in [1.807, 2.05) is 0 Å². The van der Waals surface area contributed by atoms with Gasteiger partial charge in [-0.25, -0.2) is 0 Å². The van der Waals surface area contributed by atoms with Crippen LogP contribution < -0.4 is 10.5 Å². The summed E-state index contributed by atoms with van der Waals surface area (Å²) in [4.78, 5) is 5.64. The number of ether oxygens (including phenoxy) is 1. The van der Waals surface area contributed by atoms with Crippen LogP contribution in [0.3, 0.4) is 0 Å². The van der Waals surface area contributed by atoms with Crippen LogP contribution in [0.1, 0.15) is 22.9 Å². The molecule has 4 heteroatoms. The lowest BCUT2D eigenvalue weighted by Crippen LogP contribution is -2.27. The molecule has 104 valence electrons. The molecule has 0 fully saturated rings. The fraction of sp³-hybridized carbons (Fsp3) is 0.467. The summed E-state index contributed by atoms with van der Waals surface area (Å²) < 4.78 is 5.38. The fourth-order valence-corrected chi connectivity index (χ4v) is 2.72. The van der Waals surface area contributed by atoms with Crippen molar-refractivity contribution in [3.05, 3.63) is 29.0 Å². The van der Waals surface area contributed by atoms with Crippen LogP contribution in [0.5, 0.6) is 5.75 Å². The Balaban J connectivity index is 2.72. The zero-order valence-corrected chi connectivity index (χ0v) is 12.4. The van der Waals surface area contributed by atoms with Gasteiger partial charge in [0.2, 0.25) is 0 Å². The van der Waals surface area contributed by atoms with Gasteiger partial charge >= 0.3 is 0 Å². The number of hydrogen-bond acceptors (Lipinski definition) is 3. The minimum atomic E-state index is 0.209. The zero-order chi connectivity index (χ0) is 14.2. The predicted octanol–water partition coefficient (Wildman–Crippen LogP) is 2.35. The molecule has 3 N–H and O–H groups in total. The number of fused-ring (bicyclic) bond motifs is 1. The molecule has 0 saturated carbocycles. The molecule has 1 aromatic carbocycles. The molecule has 4 nitrogen and oxygen atoms in total. The third-order valence-electron chi connectivity index (χ3n) is 3.73. The van der Waals surface area contributed by atoms with E-state index >= 15 is 0 Å². The lowest BCUT2D eigenvalue weighted by atomic mass is 10.0. The molecule has 0 saturated heterocycles. The summed E-state index contributed by atoms with van der Waals surface area (Å²) >= 11 is 0. The lowest BCUT2D eigenvalue weighted by molar-refractivity contribution is 0.307. The maximum Gasteiger partial charge on any atom is 0.119 e. The van der Waals surface area contributed by atoms with E-state index in [2.05, 4.69) is 50.0 Å². The second-order valence-corrected chi connectivity index (χ2v) is 5.25. The number of likely N-dealkylation sites (N-methyl/N-ethyl adjacent to an activating group) is 1. The Labute approximate surface area is 114 Å². The molecule has 1 aromatic heterocycles. The average Bonchev–Trinajstić information content (AvgIpc) is 2.68. The summed E-state index contributed by atoms with van der Waals surface area (Å²) in [6.07, 6.45) is 0. The topological polar surface area (TPSA) is 54.3 Å². The first-order chi connectivity index (χ1) is 8.99. The summed E-state index contributed by atoms with van der Waals surface area (Å²) in [5.41, 5.74) is 10.8. The van der Waals surface area contributed by atoms with Gasteiger partial charge < -0.3 is 20.4 Å². The number of methoxy groups -OCH3 is 1. The summed E-state index contributed by atoms with van der Waals surface area (Å²) in [6.45, 7) is 4.79. The molecule has 1 heterocycles. The molecular formula is C15H23N3O. The predicted molar refractivity (Wildman–Crippen MR) is 79.8 cm³/mol. The molecule has 19 heavy (non-hydrogen) atoms. The van der Waals surface area contributed by atoms with Crippen molar-refractivity contribution in [1.29, 1.82) is 0 Å². The Morgan fingerprint density at radius 2 is 2.00 bits per heavy atom. The van der Waals surface area contributed by atoms with E-state index in [4.69, 9.17) is 10.5 Å². The van der Waals surface area contributed by atoms with E-state index in [9.17, 15) is 0 Å². The maximum atomic E-state index is 5.95. The third kappa shape index (κ3) is 2.33. The van der Waals surface area contributed by atoms with Gasteiger partial charge in [0.1, 0.15) is 5.75 Å². The van der Waals surface area contributed by atoms with E-state index < -0.39 is 0 Å². The van der Waals surface area contributed by atoms with Crippen LogP contribution >= 0.6 is 0 Å². The van der Waals surface area contributed by atoms with Gasteiger partial charge in [-0.3, -0.25) is 0 Å². The molecule has 0 bridgehead atoms. The Kier molecular flexibility index (Phi) is 3.83. The zero-order valence-electron chi connectivity index (χ0n) is 12.4. The number of H-pyrrole nitrogens is 1. The van der Waals surface area contributed by atoms with Gasteiger partial charge in [0.25, 0.3) is 0 Å². The average molecular weight is 261 g/mol. The molecule has 0 amide bonds. The molecule has 0 radical (unpaired) electrons. The minimum Gasteiger partial charge on any atom is -0.497 e. The molecule has 0 aliphatic heterocycles. The van der Waals surface area contributed by atoms with Crippen molar-refractivity contribution in [2.24, 2.45) is 5.73 Å². The standard InChI is InChI=1S/C15H23N3O/c1-9-6-11(19-5)7-12-14(10(2)17-15(9)12)13(8-16)18(3)4/h6-7,13,17H,8,16H2,1-5H3. The van der Waals surface area contributed by atoms with Crippen molar-refractivity contribution in [2.75, 3.05) is 27.7 Å². The van der Waals surface area contributed by atoms with Crippen LogP contribution in [-0.2, 0) is 0 Å². The first-order valence-electron chi connectivity index (χ1n) is 6.52. The number of aromatic amines is 1. The van der Waals surface area contributed by atoms with Crippen molar-refractivity contribution in [2.45, 2.75) is 19.9 Å². The quantitative estimate of drug-likeness (QED) is 0.888. The van der Waals surface area contributed by atoms with Crippen molar-refractivity contribution in [3.63, 3.8) is 0 Å². The molecule has 2 rings (SSSR count). The van der Waals surface area contributed by atoms with E-state index in [1.165, 1.54) is 27.7 Å². The van der Waals surface area contributed by atoms with E-state index in [0.29, 0.717) is 6.54 Å². The molecule has 0 aliphatic carbocycles. The van der Waals surface area contributed by atoms with Crippen LogP contribution in [0, 0.1) is 13.8 Å². The highest BCUT2D eigenvalue weighted by Gasteiger charge is 2.20. The summed E-state index contributed by atoms with van der Waals surface area (Å²) in [5.74, 6) is 0.889. The normalized spacial score (nSPS) is 13.2. The van der Waals surface area contributed by atoms with Crippen LogP contribution in [0.25, 0.3) is 10.9 Å². The Morgan fingerprint density at radius 1 is 1.32 bits per heavy atom. The maximum absolute atomic E-state index is 5.95. The summed E-state index contributed by atoms with van der Waals surface area (Å²) in [5, 5.41) is 1.21. The highest BCUT2D eigenvalue weighted by Crippen LogP contribution is 2.34. The minimum absolute atomic E-state index is 0.209. The third-order valence-corrected chi connectivity index (χ3v) is 3.73.